The van der Waals surface area contributed by atoms with Crippen LogP contribution < -0.4 is 4.90 Å². The molecule has 0 aliphatic carbocycles. The lowest BCUT2D eigenvalue weighted by molar-refractivity contribution is -0.151. The Morgan fingerprint density at radius 2 is 2.26 bits per heavy atom. The smallest absolute Gasteiger partial charge is 0.433 e. The maximum atomic E-state index is 12.8. The van der Waals surface area contributed by atoms with Gasteiger partial charge in [-0.1, -0.05) is 0 Å². The van der Waals surface area contributed by atoms with E-state index in [2.05, 4.69) is 9.97 Å². The van der Waals surface area contributed by atoms with Gasteiger partial charge in [-0.15, -0.1) is 0 Å². The molecule has 0 bridgehead atoms. The maximum Gasteiger partial charge on any atom is 0.433 e. The average Bonchev–Trinajstić information content (AvgIpc) is 2.52. The number of rotatable bonds is 5. The first-order valence-corrected chi connectivity index (χ1v) is 7.16. The summed E-state index contributed by atoms with van der Waals surface area (Å²) in [4.78, 5) is 20.6. The molecule has 0 amide bonds. The van der Waals surface area contributed by atoms with E-state index in [1.165, 1.54) is 12.0 Å². The van der Waals surface area contributed by atoms with E-state index < -0.39 is 23.3 Å². The quantitative estimate of drug-likeness (QED) is 0.890. The fraction of sp³-hybridized carbons (Fsp3) is 0.643. The molecular weight excluding hydrogens is 315 g/mol. The van der Waals surface area contributed by atoms with E-state index in [-0.39, 0.29) is 25.5 Å². The number of aromatic nitrogens is 2. The van der Waals surface area contributed by atoms with Crippen molar-refractivity contribution in [3.8, 4) is 0 Å². The Balaban J connectivity index is 2.25. The standard InChI is InChI=1S/C14H18F3N3O3/c1-23-8-5-13(11(21)22)4-2-7-20(9-13)12-18-6-3-10(19-12)14(15,16)17/h3,6H,2,4-5,7-9H2,1H3,(H,21,22)/t13-/m1/s1. The minimum absolute atomic E-state index is 0.0625. The molecule has 23 heavy (non-hydrogen) atoms. The number of hydrogen-bond donors (Lipinski definition) is 1. The SMILES string of the molecule is COCC[C@]1(C(=O)O)CCCN(c2nccc(C(F)(F)F)n2)C1. The van der Waals surface area contributed by atoms with Crippen molar-refractivity contribution in [1.82, 2.24) is 9.97 Å². The molecule has 0 radical (unpaired) electrons. The van der Waals surface area contributed by atoms with E-state index in [0.717, 1.165) is 12.3 Å². The van der Waals surface area contributed by atoms with Crippen molar-refractivity contribution in [3.63, 3.8) is 0 Å². The molecule has 1 saturated heterocycles. The van der Waals surface area contributed by atoms with Crippen LogP contribution in [0.5, 0.6) is 0 Å². The third-order valence-electron chi connectivity index (χ3n) is 4.03. The average molecular weight is 333 g/mol. The van der Waals surface area contributed by atoms with Gasteiger partial charge < -0.3 is 14.7 Å². The van der Waals surface area contributed by atoms with Gasteiger partial charge in [0.05, 0.1) is 5.41 Å². The summed E-state index contributed by atoms with van der Waals surface area (Å²) in [6.45, 7) is 0.750. The molecule has 1 aromatic heterocycles. The van der Waals surface area contributed by atoms with Gasteiger partial charge in [-0.05, 0) is 25.3 Å². The molecule has 0 saturated carbocycles. The predicted molar refractivity (Wildman–Crippen MR) is 75.0 cm³/mol. The molecule has 1 atom stereocenters. The first kappa shape index (κ1) is 17.5. The van der Waals surface area contributed by atoms with Crippen molar-refractivity contribution in [3.05, 3.63) is 18.0 Å². The largest absolute Gasteiger partial charge is 0.481 e. The Labute approximate surface area is 131 Å². The Morgan fingerprint density at radius 3 is 2.87 bits per heavy atom. The molecule has 1 aliphatic rings. The van der Waals surface area contributed by atoms with Gasteiger partial charge in [0.25, 0.3) is 0 Å². The third kappa shape index (κ3) is 3.90. The molecular formula is C14H18F3N3O3. The summed E-state index contributed by atoms with van der Waals surface area (Å²) < 4.78 is 43.3. The summed E-state index contributed by atoms with van der Waals surface area (Å²) in [7, 11) is 1.48. The summed E-state index contributed by atoms with van der Waals surface area (Å²) in [6.07, 6.45) is -2.25. The Hall–Kier alpha value is -1.90. The Morgan fingerprint density at radius 1 is 1.52 bits per heavy atom. The number of carbonyl (C=O) groups is 1. The van der Waals surface area contributed by atoms with E-state index in [9.17, 15) is 23.1 Å². The number of carboxylic acid groups (broad SMARTS) is 1. The van der Waals surface area contributed by atoms with Crippen LogP contribution in [0.2, 0.25) is 0 Å². The minimum Gasteiger partial charge on any atom is -0.481 e. The lowest BCUT2D eigenvalue weighted by atomic mass is 9.77. The highest BCUT2D eigenvalue weighted by Gasteiger charge is 2.43. The van der Waals surface area contributed by atoms with E-state index in [4.69, 9.17) is 4.74 Å². The second-order valence-corrected chi connectivity index (χ2v) is 5.59. The van der Waals surface area contributed by atoms with Crippen LogP contribution >= 0.6 is 0 Å². The van der Waals surface area contributed by atoms with Gasteiger partial charge in [0.1, 0.15) is 5.69 Å². The predicted octanol–water partition coefficient (Wildman–Crippen LogP) is 2.20. The van der Waals surface area contributed by atoms with Crippen molar-refractivity contribution in [2.45, 2.75) is 25.4 Å². The number of carboxylic acids is 1. The van der Waals surface area contributed by atoms with Crippen molar-refractivity contribution in [1.29, 1.82) is 0 Å². The van der Waals surface area contributed by atoms with E-state index in [0.29, 0.717) is 19.4 Å². The van der Waals surface area contributed by atoms with Crippen molar-refractivity contribution >= 4 is 11.9 Å². The van der Waals surface area contributed by atoms with Gasteiger partial charge in [0, 0.05) is 33.0 Å². The summed E-state index contributed by atoms with van der Waals surface area (Å²) >= 11 is 0. The van der Waals surface area contributed by atoms with Gasteiger partial charge in [-0.3, -0.25) is 4.79 Å². The second-order valence-electron chi connectivity index (χ2n) is 5.59. The fourth-order valence-electron chi connectivity index (χ4n) is 2.74. The maximum absolute atomic E-state index is 12.8. The van der Waals surface area contributed by atoms with Crippen LogP contribution in [0.15, 0.2) is 12.3 Å². The second kappa shape index (κ2) is 6.69. The van der Waals surface area contributed by atoms with E-state index >= 15 is 0 Å². The number of methoxy groups -OCH3 is 1. The monoisotopic (exact) mass is 333 g/mol. The lowest BCUT2D eigenvalue weighted by Gasteiger charge is -2.39. The number of halogens is 3. The van der Waals surface area contributed by atoms with Crippen molar-refractivity contribution in [2.24, 2.45) is 5.41 Å². The van der Waals surface area contributed by atoms with Gasteiger partial charge in [0.2, 0.25) is 5.95 Å². The van der Waals surface area contributed by atoms with Crippen LogP contribution in [0, 0.1) is 5.41 Å². The zero-order valence-corrected chi connectivity index (χ0v) is 12.6. The van der Waals surface area contributed by atoms with Gasteiger partial charge in [0.15, 0.2) is 0 Å². The normalized spacial score (nSPS) is 22.2. The zero-order chi connectivity index (χ0) is 17.1. The molecule has 1 N–H and O–H groups in total. The number of alkyl halides is 3. The fourth-order valence-corrected chi connectivity index (χ4v) is 2.74. The molecule has 1 aliphatic heterocycles. The van der Waals surface area contributed by atoms with Crippen LogP contribution in [-0.2, 0) is 15.7 Å². The van der Waals surface area contributed by atoms with Crippen molar-refractivity contribution < 1.29 is 27.8 Å². The van der Waals surface area contributed by atoms with Crippen LogP contribution in [0.1, 0.15) is 25.0 Å². The molecule has 6 nitrogen and oxygen atoms in total. The van der Waals surface area contributed by atoms with Gasteiger partial charge in [-0.25, -0.2) is 9.97 Å². The first-order valence-electron chi connectivity index (χ1n) is 7.16. The van der Waals surface area contributed by atoms with E-state index in [1.54, 1.807) is 0 Å². The highest BCUT2D eigenvalue weighted by atomic mass is 19.4. The third-order valence-corrected chi connectivity index (χ3v) is 4.03. The number of hydrogen-bond acceptors (Lipinski definition) is 5. The molecule has 0 spiro atoms. The molecule has 0 aromatic carbocycles. The Bertz CT molecular complexity index is 568. The summed E-state index contributed by atoms with van der Waals surface area (Å²) in [5, 5.41) is 9.56. The van der Waals surface area contributed by atoms with E-state index in [1.807, 2.05) is 0 Å². The first-order chi connectivity index (χ1) is 10.8. The number of piperidine rings is 1. The lowest BCUT2D eigenvalue weighted by Crippen LogP contribution is -2.49. The zero-order valence-electron chi connectivity index (χ0n) is 12.6. The van der Waals surface area contributed by atoms with Crippen LogP contribution in [0.25, 0.3) is 0 Å². The molecule has 1 fully saturated rings. The molecule has 0 unspecified atom stereocenters. The Kier molecular flexibility index (Phi) is 5.08. The number of ether oxygens (including phenoxy) is 1. The summed E-state index contributed by atoms with van der Waals surface area (Å²) in [5.41, 5.74) is -2.10. The molecule has 2 rings (SSSR count). The topological polar surface area (TPSA) is 75.6 Å². The van der Waals surface area contributed by atoms with Gasteiger partial charge in [-0.2, -0.15) is 13.2 Å². The van der Waals surface area contributed by atoms with Crippen molar-refractivity contribution in [2.75, 3.05) is 31.7 Å². The van der Waals surface area contributed by atoms with Crippen LogP contribution in [-0.4, -0.2) is 47.8 Å². The highest BCUT2D eigenvalue weighted by Crippen LogP contribution is 2.36. The van der Waals surface area contributed by atoms with Crippen LogP contribution in [0.3, 0.4) is 0 Å². The molecule has 9 heteroatoms. The summed E-state index contributed by atoms with van der Waals surface area (Å²) in [6, 6.07) is 0.794. The molecule has 2 heterocycles. The number of aliphatic carboxylic acids is 1. The van der Waals surface area contributed by atoms with Crippen LogP contribution in [0.4, 0.5) is 19.1 Å². The minimum atomic E-state index is -4.56. The summed E-state index contributed by atoms with van der Waals surface area (Å²) in [5.74, 6) is -1.08. The molecule has 128 valence electrons. The van der Waals surface area contributed by atoms with Gasteiger partial charge >= 0.3 is 12.1 Å². The molecule has 1 aromatic rings. The number of nitrogens with zero attached hydrogens (tertiary/aromatic N) is 3. The highest BCUT2D eigenvalue weighted by molar-refractivity contribution is 5.76. The number of anilines is 1.